The fraction of sp³-hybridized carbons (Fsp3) is 0.667. The molecule has 1 aromatic heterocycles. The summed E-state index contributed by atoms with van der Waals surface area (Å²) in [5, 5.41) is 16.1. The second kappa shape index (κ2) is 5.40. The van der Waals surface area contributed by atoms with E-state index in [-0.39, 0.29) is 17.5 Å². The van der Waals surface area contributed by atoms with E-state index < -0.39 is 0 Å². The number of aryl methyl sites for hydroxylation is 1. The highest BCUT2D eigenvalue weighted by Crippen LogP contribution is 2.48. The number of nitrogens with zero attached hydrogens (tertiary/aromatic N) is 4. The molecule has 2 aliphatic rings. The molecule has 1 aliphatic carbocycles. The zero-order chi connectivity index (χ0) is 14.9. The third-order valence-corrected chi connectivity index (χ3v) is 4.65. The van der Waals surface area contributed by atoms with E-state index in [0.717, 1.165) is 37.8 Å². The maximum absolute atomic E-state index is 12.4. The Kier molecular flexibility index (Phi) is 3.58. The predicted octanol–water partition coefficient (Wildman–Crippen LogP) is 1.96. The molecule has 1 N–H and O–H groups in total. The van der Waals surface area contributed by atoms with Crippen LogP contribution in [0.15, 0.2) is 12.4 Å². The second-order valence-corrected chi connectivity index (χ2v) is 6.29. The standard InChI is InChI=1S/C15H21N5O/c1-19-10-12(9-18-19)13-3-2-8-20(13)14(21)17-11-15(4-5-15)6-7-16/h9-10,13H,2-6,8,11H2,1H3,(H,17,21). The second-order valence-electron chi connectivity index (χ2n) is 6.29. The largest absolute Gasteiger partial charge is 0.337 e. The van der Waals surface area contributed by atoms with Crippen molar-refractivity contribution in [2.24, 2.45) is 12.5 Å². The molecule has 2 heterocycles. The van der Waals surface area contributed by atoms with Crippen molar-refractivity contribution in [1.82, 2.24) is 20.0 Å². The quantitative estimate of drug-likeness (QED) is 0.920. The summed E-state index contributed by atoms with van der Waals surface area (Å²) < 4.78 is 1.77. The van der Waals surface area contributed by atoms with E-state index in [1.165, 1.54) is 0 Å². The Morgan fingerprint density at radius 3 is 3.05 bits per heavy atom. The van der Waals surface area contributed by atoms with Crippen LogP contribution in [-0.2, 0) is 7.05 Å². The summed E-state index contributed by atoms with van der Waals surface area (Å²) in [6, 6.07) is 2.35. The van der Waals surface area contributed by atoms with Crippen LogP contribution in [0, 0.1) is 16.7 Å². The minimum absolute atomic E-state index is 0.00873. The van der Waals surface area contributed by atoms with Crippen molar-refractivity contribution in [2.45, 2.75) is 38.1 Å². The Balaban J connectivity index is 1.60. The molecule has 1 atom stereocenters. The van der Waals surface area contributed by atoms with Gasteiger partial charge < -0.3 is 10.2 Å². The molecular formula is C15H21N5O. The number of hydrogen-bond donors (Lipinski definition) is 1. The minimum atomic E-state index is -0.00873. The number of aromatic nitrogens is 2. The van der Waals surface area contributed by atoms with Crippen LogP contribution in [0.1, 0.15) is 43.7 Å². The molecule has 2 fully saturated rings. The van der Waals surface area contributed by atoms with Gasteiger partial charge in [-0.3, -0.25) is 4.68 Å². The Labute approximate surface area is 124 Å². The van der Waals surface area contributed by atoms with Gasteiger partial charge in [0.1, 0.15) is 0 Å². The van der Waals surface area contributed by atoms with Gasteiger partial charge in [-0.05, 0) is 25.7 Å². The average Bonchev–Trinajstić information content (AvgIpc) is 2.89. The van der Waals surface area contributed by atoms with E-state index >= 15 is 0 Å². The number of likely N-dealkylation sites (tertiary alicyclic amines) is 1. The summed E-state index contributed by atoms with van der Waals surface area (Å²) in [6.45, 7) is 1.41. The summed E-state index contributed by atoms with van der Waals surface area (Å²) in [5.74, 6) is 0. The van der Waals surface area contributed by atoms with Crippen LogP contribution in [-0.4, -0.2) is 33.8 Å². The van der Waals surface area contributed by atoms with Crippen molar-refractivity contribution < 1.29 is 4.79 Å². The molecule has 1 unspecified atom stereocenters. The number of nitriles is 1. The molecule has 0 bridgehead atoms. The van der Waals surface area contributed by atoms with Crippen molar-refractivity contribution in [3.05, 3.63) is 18.0 Å². The van der Waals surface area contributed by atoms with Gasteiger partial charge >= 0.3 is 6.03 Å². The number of carbonyl (C=O) groups is 1. The molecule has 1 saturated carbocycles. The molecule has 0 radical (unpaired) electrons. The lowest BCUT2D eigenvalue weighted by molar-refractivity contribution is 0.190. The summed E-state index contributed by atoms with van der Waals surface area (Å²) in [6.07, 6.45) is 8.47. The fourth-order valence-corrected chi connectivity index (χ4v) is 3.09. The molecular weight excluding hydrogens is 266 g/mol. The first-order chi connectivity index (χ1) is 10.1. The van der Waals surface area contributed by atoms with Crippen LogP contribution in [0.4, 0.5) is 4.79 Å². The van der Waals surface area contributed by atoms with Crippen LogP contribution in [0.5, 0.6) is 0 Å². The number of rotatable bonds is 4. The molecule has 21 heavy (non-hydrogen) atoms. The van der Waals surface area contributed by atoms with Crippen molar-refractivity contribution >= 4 is 6.03 Å². The smallest absolute Gasteiger partial charge is 0.317 e. The van der Waals surface area contributed by atoms with Gasteiger partial charge in [0, 0.05) is 43.7 Å². The molecule has 0 aromatic carbocycles. The molecule has 112 valence electrons. The molecule has 1 aliphatic heterocycles. The van der Waals surface area contributed by atoms with Gasteiger partial charge in [0.2, 0.25) is 0 Å². The van der Waals surface area contributed by atoms with E-state index in [9.17, 15) is 4.79 Å². The van der Waals surface area contributed by atoms with E-state index in [0.29, 0.717) is 13.0 Å². The first-order valence-corrected chi connectivity index (χ1v) is 7.53. The van der Waals surface area contributed by atoms with Crippen LogP contribution in [0.2, 0.25) is 0 Å². The van der Waals surface area contributed by atoms with Gasteiger partial charge in [0.25, 0.3) is 0 Å². The summed E-state index contributed by atoms with van der Waals surface area (Å²) in [4.78, 5) is 14.3. The number of nitrogens with one attached hydrogen (secondary N) is 1. The molecule has 1 saturated heterocycles. The number of hydrogen-bond acceptors (Lipinski definition) is 3. The first-order valence-electron chi connectivity index (χ1n) is 7.53. The molecule has 2 amide bonds. The minimum Gasteiger partial charge on any atom is -0.337 e. The van der Waals surface area contributed by atoms with Crippen LogP contribution >= 0.6 is 0 Å². The third-order valence-electron chi connectivity index (χ3n) is 4.65. The predicted molar refractivity (Wildman–Crippen MR) is 77.2 cm³/mol. The van der Waals surface area contributed by atoms with Crippen LogP contribution in [0.3, 0.4) is 0 Å². The fourth-order valence-electron chi connectivity index (χ4n) is 3.09. The lowest BCUT2D eigenvalue weighted by Crippen LogP contribution is -2.41. The normalized spacial score (nSPS) is 22.9. The van der Waals surface area contributed by atoms with E-state index in [4.69, 9.17) is 5.26 Å². The average molecular weight is 287 g/mol. The topological polar surface area (TPSA) is 74.0 Å². The number of urea groups is 1. The van der Waals surface area contributed by atoms with Crippen LogP contribution < -0.4 is 5.32 Å². The number of amides is 2. The highest BCUT2D eigenvalue weighted by Gasteiger charge is 2.43. The Bertz CT molecular complexity index is 569. The number of carbonyl (C=O) groups excluding carboxylic acids is 1. The van der Waals surface area contributed by atoms with Crippen molar-refractivity contribution in [2.75, 3.05) is 13.1 Å². The van der Waals surface area contributed by atoms with Gasteiger partial charge in [0.15, 0.2) is 0 Å². The van der Waals surface area contributed by atoms with E-state index in [1.807, 2.05) is 24.3 Å². The monoisotopic (exact) mass is 287 g/mol. The zero-order valence-electron chi connectivity index (χ0n) is 12.4. The first kappa shape index (κ1) is 13.9. The van der Waals surface area contributed by atoms with Crippen molar-refractivity contribution in [1.29, 1.82) is 5.26 Å². The van der Waals surface area contributed by atoms with Gasteiger partial charge in [-0.2, -0.15) is 10.4 Å². The van der Waals surface area contributed by atoms with E-state index in [1.54, 1.807) is 4.68 Å². The Hall–Kier alpha value is -2.03. The molecule has 6 heteroatoms. The third kappa shape index (κ3) is 2.87. The molecule has 0 spiro atoms. The Morgan fingerprint density at radius 2 is 2.43 bits per heavy atom. The summed E-state index contributed by atoms with van der Waals surface area (Å²) in [7, 11) is 1.89. The lowest BCUT2D eigenvalue weighted by atomic mass is 10.0. The van der Waals surface area contributed by atoms with Gasteiger partial charge in [-0.15, -0.1) is 0 Å². The van der Waals surface area contributed by atoms with E-state index in [2.05, 4.69) is 16.5 Å². The molecule has 1 aromatic rings. The SMILES string of the molecule is Cn1cc(C2CCCN2C(=O)NCC2(CC#N)CC2)cn1. The summed E-state index contributed by atoms with van der Waals surface area (Å²) in [5.41, 5.74) is 1.15. The highest BCUT2D eigenvalue weighted by atomic mass is 16.2. The maximum Gasteiger partial charge on any atom is 0.317 e. The maximum atomic E-state index is 12.4. The highest BCUT2D eigenvalue weighted by molar-refractivity contribution is 5.75. The van der Waals surface area contributed by atoms with Crippen molar-refractivity contribution in [3.63, 3.8) is 0 Å². The summed E-state index contributed by atoms with van der Waals surface area (Å²) >= 11 is 0. The lowest BCUT2D eigenvalue weighted by Gasteiger charge is -2.25. The zero-order valence-corrected chi connectivity index (χ0v) is 12.4. The molecule has 6 nitrogen and oxygen atoms in total. The van der Waals surface area contributed by atoms with Gasteiger partial charge in [-0.1, -0.05) is 0 Å². The van der Waals surface area contributed by atoms with Crippen LogP contribution in [0.25, 0.3) is 0 Å². The van der Waals surface area contributed by atoms with Gasteiger partial charge in [0.05, 0.1) is 18.3 Å². The molecule has 3 rings (SSSR count). The van der Waals surface area contributed by atoms with Gasteiger partial charge in [-0.25, -0.2) is 4.79 Å². The Morgan fingerprint density at radius 1 is 1.62 bits per heavy atom. The van der Waals surface area contributed by atoms with Crippen molar-refractivity contribution in [3.8, 4) is 6.07 Å².